The van der Waals surface area contributed by atoms with E-state index in [1.807, 2.05) is 0 Å². The second kappa shape index (κ2) is 8.30. The van der Waals surface area contributed by atoms with Crippen LogP contribution in [-0.4, -0.2) is 43.2 Å². The monoisotopic (exact) mass is 336 g/mol. The molecule has 1 aromatic carbocycles. The van der Waals surface area contributed by atoms with E-state index in [-0.39, 0.29) is 5.91 Å². The van der Waals surface area contributed by atoms with Gasteiger partial charge in [-0.2, -0.15) is 0 Å². The minimum absolute atomic E-state index is 0.249. The summed E-state index contributed by atoms with van der Waals surface area (Å²) in [6, 6.07) is 5.23. The molecule has 1 heterocycles. The number of amides is 1. The molecule has 23 heavy (non-hydrogen) atoms. The van der Waals surface area contributed by atoms with Gasteiger partial charge in [-0.3, -0.25) is 4.79 Å². The Labute approximate surface area is 139 Å². The number of hydrogen-bond donors (Lipinski definition) is 2. The average molecular weight is 337 g/mol. The van der Waals surface area contributed by atoms with Crippen molar-refractivity contribution in [2.24, 2.45) is 0 Å². The van der Waals surface area contributed by atoms with E-state index in [2.05, 4.69) is 20.6 Å². The van der Waals surface area contributed by atoms with Crippen molar-refractivity contribution in [3.8, 4) is 5.75 Å². The smallest absolute Gasteiger partial charge is 0.254 e. The Kier molecular flexibility index (Phi) is 6.13. The minimum Gasteiger partial charge on any atom is -0.495 e. The van der Waals surface area contributed by atoms with Crippen LogP contribution in [0.15, 0.2) is 30.6 Å². The maximum Gasteiger partial charge on any atom is 0.254 e. The van der Waals surface area contributed by atoms with Crippen molar-refractivity contribution in [3.05, 3.63) is 41.2 Å². The Hall–Kier alpha value is -2.38. The van der Waals surface area contributed by atoms with Gasteiger partial charge in [0.1, 0.15) is 5.75 Å². The Morgan fingerprint density at radius 2 is 2.00 bits per heavy atom. The van der Waals surface area contributed by atoms with E-state index >= 15 is 0 Å². The normalized spacial score (nSPS) is 10.2. The van der Waals surface area contributed by atoms with Crippen LogP contribution in [0.3, 0.4) is 0 Å². The lowest BCUT2D eigenvalue weighted by molar-refractivity contribution is 0.0936. The summed E-state index contributed by atoms with van der Waals surface area (Å²) < 4.78 is 9.95. The minimum atomic E-state index is -0.249. The van der Waals surface area contributed by atoms with Gasteiger partial charge in [0.15, 0.2) is 0 Å². The third kappa shape index (κ3) is 4.80. The van der Waals surface area contributed by atoms with Crippen LogP contribution >= 0.6 is 11.6 Å². The molecule has 0 aliphatic rings. The molecule has 0 aliphatic heterocycles. The third-order valence-electron chi connectivity index (χ3n) is 2.91. The molecule has 0 saturated carbocycles. The number of carbonyl (C=O) groups is 1. The summed E-state index contributed by atoms with van der Waals surface area (Å²) in [4.78, 5) is 20.0. The van der Waals surface area contributed by atoms with Crippen molar-refractivity contribution in [1.82, 2.24) is 15.3 Å². The van der Waals surface area contributed by atoms with Gasteiger partial charge in [-0.1, -0.05) is 11.6 Å². The first kappa shape index (κ1) is 17.0. The first-order valence-electron chi connectivity index (χ1n) is 6.83. The van der Waals surface area contributed by atoms with Gasteiger partial charge >= 0.3 is 0 Å². The lowest BCUT2D eigenvalue weighted by Crippen LogP contribution is -2.27. The SMILES string of the molecule is COCCNC(=O)c1cnc(Nc2ccc(OC)c(Cl)c2)nc1. The fourth-order valence-corrected chi connectivity index (χ4v) is 2.01. The lowest BCUT2D eigenvalue weighted by atomic mass is 10.3. The summed E-state index contributed by atoms with van der Waals surface area (Å²) in [5, 5.41) is 6.17. The number of anilines is 2. The summed E-state index contributed by atoms with van der Waals surface area (Å²) in [6.45, 7) is 0.879. The molecule has 8 heteroatoms. The molecule has 1 amide bonds. The van der Waals surface area contributed by atoms with E-state index in [1.165, 1.54) is 12.4 Å². The van der Waals surface area contributed by atoms with Crippen LogP contribution in [0.4, 0.5) is 11.6 Å². The zero-order chi connectivity index (χ0) is 16.7. The molecule has 0 radical (unpaired) electrons. The highest BCUT2D eigenvalue weighted by Crippen LogP contribution is 2.28. The lowest BCUT2D eigenvalue weighted by Gasteiger charge is -2.08. The van der Waals surface area contributed by atoms with Crippen molar-refractivity contribution in [1.29, 1.82) is 0 Å². The number of benzene rings is 1. The van der Waals surface area contributed by atoms with Crippen LogP contribution in [0.1, 0.15) is 10.4 Å². The van der Waals surface area contributed by atoms with Crippen LogP contribution in [0.2, 0.25) is 5.02 Å². The number of aromatic nitrogens is 2. The largest absolute Gasteiger partial charge is 0.495 e. The molecule has 0 bridgehead atoms. The van der Waals surface area contributed by atoms with Gasteiger partial charge in [-0.05, 0) is 18.2 Å². The van der Waals surface area contributed by atoms with Crippen molar-refractivity contribution in [3.63, 3.8) is 0 Å². The van der Waals surface area contributed by atoms with E-state index in [9.17, 15) is 4.79 Å². The summed E-state index contributed by atoms with van der Waals surface area (Å²) in [5.74, 6) is 0.696. The molecule has 2 N–H and O–H groups in total. The number of hydrogen-bond acceptors (Lipinski definition) is 6. The molecule has 0 fully saturated rings. The summed E-state index contributed by atoms with van der Waals surface area (Å²) in [7, 11) is 3.12. The van der Waals surface area contributed by atoms with Gasteiger partial charge in [-0.15, -0.1) is 0 Å². The van der Waals surface area contributed by atoms with Crippen molar-refractivity contribution < 1.29 is 14.3 Å². The van der Waals surface area contributed by atoms with Gasteiger partial charge in [-0.25, -0.2) is 9.97 Å². The van der Waals surface area contributed by atoms with Gasteiger partial charge in [0.2, 0.25) is 5.95 Å². The highest BCUT2D eigenvalue weighted by atomic mass is 35.5. The average Bonchev–Trinajstić information content (AvgIpc) is 2.56. The molecular formula is C15H17ClN4O3. The molecule has 0 spiro atoms. The number of ether oxygens (including phenoxy) is 2. The predicted octanol–water partition coefficient (Wildman–Crippen LogP) is 2.26. The number of nitrogens with one attached hydrogen (secondary N) is 2. The van der Waals surface area contributed by atoms with Crippen LogP contribution in [0.25, 0.3) is 0 Å². The number of nitrogens with zero attached hydrogens (tertiary/aromatic N) is 2. The van der Waals surface area contributed by atoms with Crippen molar-refractivity contribution >= 4 is 29.1 Å². The molecule has 122 valence electrons. The highest BCUT2D eigenvalue weighted by molar-refractivity contribution is 6.32. The Morgan fingerprint density at radius 3 is 2.61 bits per heavy atom. The first-order chi connectivity index (χ1) is 11.1. The zero-order valence-corrected chi connectivity index (χ0v) is 13.6. The van der Waals surface area contributed by atoms with Crippen LogP contribution in [-0.2, 0) is 4.74 Å². The van der Waals surface area contributed by atoms with E-state index in [1.54, 1.807) is 32.4 Å². The van der Waals surface area contributed by atoms with Crippen LogP contribution in [0.5, 0.6) is 5.75 Å². The third-order valence-corrected chi connectivity index (χ3v) is 3.21. The molecule has 0 aliphatic carbocycles. The van der Waals surface area contributed by atoms with E-state index in [0.29, 0.717) is 41.1 Å². The molecule has 0 unspecified atom stereocenters. The number of methoxy groups -OCH3 is 2. The highest BCUT2D eigenvalue weighted by Gasteiger charge is 2.07. The molecular weight excluding hydrogens is 320 g/mol. The predicted molar refractivity (Wildman–Crippen MR) is 87.5 cm³/mol. The number of halogens is 1. The fraction of sp³-hybridized carbons (Fsp3) is 0.267. The summed E-state index contributed by atoms with van der Waals surface area (Å²) >= 11 is 6.05. The van der Waals surface area contributed by atoms with E-state index < -0.39 is 0 Å². The Balaban J connectivity index is 1.99. The molecule has 2 aromatic rings. The van der Waals surface area contributed by atoms with Gasteiger partial charge < -0.3 is 20.1 Å². The number of carbonyl (C=O) groups excluding carboxylic acids is 1. The maximum atomic E-state index is 11.8. The number of rotatable bonds is 7. The van der Waals surface area contributed by atoms with E-state index in [4.69, 9.17) is 21.1 Å². The molecule has 0 atom stereocenters. The molecule has 2 rings (SSSR count). The van der Waals surface area contributed by atoms with Crippen LogP contribution in [0, 0.1) is 0 Å². The van der Waals surface area contributed by atoms with Gasteiger partial charge in [0.05, 0.1) is 24.3 Å². The molecule has 0 saturated heterocycles. The summed E-state index contributed by atoms with van der Waals surface area (Å²) in [5.41, 5.74) is 1.09. The summed E-state index contributed by atoms with van der Waals surface area (Å²) in [6.07, 6.45) is 2.89. The van der Waals surface area contributed by atoms with Crippen molar-refractivity contribution in [2.45, 2.75) is 0 Å². The zero-order valence-electron chi connectivity index (χ0n) is 12.8. The quantitative estimate of drug-likeness (QED) is 0.754. The molecule has 7 nitrogen and oxygen atoms in total. The van der Waals surface area contributed by atoms with Gasteiger partial charge in [0, 0.05) is 31.7 Å². The van der Waals surface area contributed by atoms with Crippen molar-refractivity contribution in [2.75, 3.05) is 32.7 Å². The Bertz CT molecular complexity index is 664. The fourth-order valence-electron chi connectivity index (χ4n) is 1.75. The van der Waals surface area contributed by atoms with E-state index in [0.717, 1.165) is 0 Å². The van der Waals surface area contributed by atoms with Gasteiger partial charge in [0.25, 0.3) is 5.91 Å². The second-order valence-corrected chi connectivity index (χ2v) is 4.93. The first-order valence-corrected chi connectivity index (χ1v) is 7.21. The van der Waals surface area contributed by atoms with Crippen LogP contribution < -0.4 is 15.4 Å². The topological polar surface area (TPSA) is 85.4 Å². The Morgan fingerprint density at radius 1 is 1.26 bits per heavy atom. The maximum absolute atomic E-state index is 11.8. The second-order valence-electron chi connectivity index (χ2n) is 4.52. The standard InChI is InChI=1S/C15H17ClN4O3/c1-22-6-5-17-14(21)10-8-18-15(19-9-10)20-11-3-4-13(23-2)12(16)7-11/h3-4,7-9H,5-6H2,1-2H3,(H,17,21)(H,18,19,20). The molecule has 1 aromatic heterocycles.